The molecule has 2 heterocycles. The molecular weight excluding hydrogens is 270 g/mol. The summed E-state index contributed by atoms with van der Waals surface area (Å²) in [4.78, 5) is 7.04. The second-order valence-electron chi connectivity index (χ2n) is 6.50. The van der Waals surface area contributed by atoms with E-state index in [-0.39, 0.29) is 0 Å². The summed E-state index contributed by atoms with van der Waals surface area (Å²) in [6.07, 6.45) is 7.70. The molecule has 1 aromatic heterocycles. The molecule has 1 aliphatic heterocycles. The lowest BCUT2D eigenvalue weighted by atomic mass is 9.96. The van der Waals surface area contributed by atoms with Gasteiger partial charge in [0.05, 0.1) is 0 Å². The second-order valence-corrected chi connectivity index (χ2v) is 6.50. The summed E-state index contributed by atoms with van der Waals surface area (Å²) < 4.78 is 2.35. The molecule has 0 saturated carbocycles. The zero-order valence-corrected chi connectivity index (χ0v) is 13.8. The minimum Gasteiger partial charge on any atom is -0.335 e. The van der Waals surface area contributed by atoms with Crippen LogP contribution in [0.3, 0.4) is 0 Å². The van der Waals surface area contributed by atoms with Gasteiger partial charge in [-0.05, 0) is 49.9 Å². The van der Waals surface area contributed by atoms with Crippen molar-refractivity contribution in [2.24, 2.45) is 5.92 Å². The Hall–Kier alpha value is -1.61. The molecule has 3 rings (SSSR count). The molecule has 1 saturated heterocycles. The summed E-state index contributed by atoms with van der Waals surface area (Å²) in [5.41, 5.74) is 2.89. The third-order valence-electron chi connectivity index (χ3n) is 4.94. The molecule has 0 radical (unpaired) electrons. The molecule has 0 bridgehead atoms. The lowest BCUT2D eigenvalue weighted by molar-refractivity contribution is 0.166. The molecule has 0 atom stereocenters. The number of aromatic nitrogens is 2. The second kappa shape index (κ2) is 7.10. The highest BCUT2D eigenvalue weighted by Gasteiger charge is 2.20. The van der Waals surface area contributed by atoms with Crippen LogP contribution in [-0.2, 0) is 19.5 Å². The minimum absolute atomic E-state index is 0.799. The molecule has 22 heavy (non-hydrogen) atoms. The zero-order chi connectivity index (χ0) is 15.4. The first-order valence-electron chi connectivity index (χ1n) is 8.53. The summed E-state index contributed by atoms with van der Waals surface area (Å²) >= 11 is 0. The number of hydrogen-bond donors (Lipinski definition) is 0. The van der Waals surface area contributed by atoms with Gasteiger partial charge in [-0.25, -0.2) is 4.98 Å². The Kier molecular flexibility index (Phi) is 4.94. The standard InChI is InChI=1S/C19H27N3/c1-3-19-20-10-13-22(19)14-17-8-11-21(12-9-17)15-18-7-5-4-6-16(18)2/h4-7,10,13,17H,3,8-9,11-12,14-15H2,1-2H3. The highest BCUT2D eigenvalue weighted by atomic mass is 15.1. The molecule has 1 aromatic carbocycles. The number of rotatable bonds is 5. The summed E-state index contributed by atoms with van der Waals surface area (Å²) in [6, 6.07) is 8.76. The predicted octanol–water partition coefficient (Wildman–Crippen LogP) is 3.67. The van der Waals surface area contributed by atoms with Crippen LogP contribution in [0.5, 0.6) is 0 Å². The van der Waals surface area contributed by atoms with E-state index in [1.807, 2.05) is 6.20 Å². The molecule has 2 aromatic rings. The van der Waals surface area contributed by atoms with Gasteiger partial charge in [-0.1, -0.05) is 31.2 Å². The van der Waals surface area contributed by atoms with Gasteiger partial charge in [-0.3, -0.25) is 4.90 Å². The third-order valence-corrected chi connectivity index (χ3v) is 4.94. The van der Waals surface area contributed by atoms with E-state index in [0.717, 1.165) is 25.4 Å². The number of nitrogens with zero attached hydrogens (tertiary/aromatic N) is 3. The van der Waals surface area contributed by atoms with Gasteiger partial charge >= 0.3 is 0 Å². The Labute approximate surface area is 134 Å². The van der Waals surface area contributed by atoms with Crippen molar-refractivity contribution in [3.63, 3.8) is 0 Å². The molecule has 1 aliphatic rings. The summed E-state index contributed by atoms with van der Waals surface area (Å²) in [6.45, 7) is 9.08. The average molecular weight is 297 g/mol. The molecule has 1 fully saturated rings. The molecular formula is C19H27N3. The van der Waals surface area contributed by atoms with Crippen LogP contribution in [0.2, 0.25) is 0 Å². The van der Waals surface area contributed by atoms with Crippen LogP contribution in [-0.4, -0.2) is 27.5 Å². The quantitative estimate of drug-likeness (QED) is 0.839. The smallest absolute Gasteiger partial charge is 0.108 e. The van der Waals surface area contributed by atoms with Crippen LogP contribution in [0.4, 0.5) is 0 Å². The van der Waals surface area contributed by atoms with E-state index in [1.54, 1.807) is 0 Å². The third kappa shape index (κ3) is 3.58. The number of likely N-dealkylation sites (tertiary alicyclic amines) is 1. The van der Waals surface area contributed by atoms with Crippen molar-refractivity contribution in [2.45, 2.75) is 46.2 Å². The van der Waals surface area contributed by atoms with Crippen molar-refractivity contribution in [3.8, 4) is 0 Å². The molecule has 118 valence electrons. The van der Waals surface area contributed by atoms with Crippen molar-refractivity contribution in [1.82, 2.24) is 14.5 Å². The largest absolute Gasteiger partial charge is 0.335 e. The van der Waals surface area contributed by atoms with E-state index in [9.17, 15) is 0 Å². The van der Waals surface area contributed by atoms with Crippen LogP contribution in [0.25, 0.3) is 0 Å². The van der Waals surface area contributed by atoms with Gasteiger partial charge < -0.3 is 4.57 Å². The van der Waals surface area contributed by atoms with E-state index in [4.69, 9.17) is 0 Å². The molecule has 3 nitrogen and oxygen atoms in total. The average Bonchev–Trinajstić information content (AvgIpc) is 2.99. The fourth-order valence-electron chi connectivity index (χ4n) is 3.45. The Balaban J connectivity index is 1.51. The van der Waals surface area contributed by atoms with Crippen LogP contribution in [0.1, 0.15) is 36.7 Å². The fourth-order valence-corrected chi connectivity index (χ4v) is 3.45. The monoisotopic (exact) mass is 297 g/mol. The van der Waals surface area contributed by atoms with Crippen LogP contribution in [0, 0.1) is 12.8 Å². The number of benzene rings is 1. The molecule has 0 aliphatic carbocycles. The van der Waals surface area contributed by atoms with E-state index < -0.39 is 0 Å². The summed E-state index contributed by atoms with van der Waals surface area (Å²) in [5, 5.41) is 0. The fraction of sp³-hybridized carbons (Fsp3) is 0.526. The first-order valence-corrected chi connectivity index (χ1v) is 8.53. The first kappa shape index (κ1) is 15.3. The maximum absolute atomic E-state index is 4.43. The summed E-state index contributed by atoms with van der Waals surface area (Å²) in [7, 11) is 0. The normalized spacial score (nSPS) is 17.0. The topological polar surface area (TPSA) is 21.1 Å². The van der Waals surface area contributed by atoms with Crippen LogP contribution < -0.4 is 0 Å². The lowest BCUT2D eigenvalue weighted by Gasteiger charge is -2.32. The number of piperidine rings is 1. The van der Waals surface area contributed by atoms with Crippen molar-refractivity contribution in [1.29, 1.82) is 0 Å². The minimum atomic E-state index is 0.799. The first-order chi connectivity index (χ1) is 10.8. The van der Waals surface area contributed by atoms with Gasteiger partial charge in [0.25, 0.3) is 0 Å². The maximum Gasteiger partial charge on any atom is 0.108 e. The number of aryl methyl sites for hydroxylation is 2. The molecule has 0 N–H and O–H groups in total. The van der Waals surface area contributed by atoms with E-state index in [2.05, 4.69) is 58.8 Å². The van der Waals surface area contributed by atoms with Crippen molar-refractivity contribution in [3.05, 3.63) is 53.6 Å². The van der Waals surface area contributed by atoms with Gasteiger partial charge in [-0.2, -0.15) is 0 Å². The van der Waals surface area contributed by atoms with Crippen molar-refractivity contribution >= 4 is 0 Å². The number of imidazole rings is 1. The molecule has 3 heteroatoms. The van der Waals surface area contributed by atoms with Crippen LogP contribution >= 0.6 is 0 Å². The van der Waals surface area contributed by atoms with Gasteiger partial charge in [-0.15, -0.1) is 0 Å². The lowest BCUT2D eigenvalue weighted by Crippen LogP contribution is -2.34. The highest BCUT2D eigenvalue weighted by Crippen LogP contribution is 2.22. The van der Waals surface area contributed by atoms with E-state index in [0.29, 0.717) is 0 Å². The predicted molar refractivity (Wildman–Crippen MR) is 90.8 cm³/mol. The van der Waals surface area contributed by atoms with Gasteiger partial charge in [0, 0.05) is 31.9 Å². The van der Waals surface area contributed by atoms with Gasteiger partial charge in [0.1, 0.15) is 5.82 Å². The van der Waals surface area contributed by atoms with Gasteiger partial charge in [0.2, 0.25) is 0 Å². The summed E-state index contributed by atoms with van der Waals surface area (Å²) in [5.74, 6) is 2.02. The Bertz CT molecular complexity index is 594. The highest BCUT2D eigenvalue weighted by molar-refractivity contribution is 5.25. The Morgan fingerprint density at radius 1 is 1.18 bits per heavy atom. The van der Waals surface area contributed by atoms with Crippen LogP contribution in [0.15, 0.2) is 36.7 Å². The Morgan fingerprint density at radius 2 is 1.95 bits per heavy atom. The zero-order valence-electron chi connectivity index (χ0n) is 13.8. The van der Waals surface area contributed by atoms with Crippen molar-refractivity contribution in [2.75, 3.05) is 13.1 Å². The molecule has 0 spiro atoms. The Morgan fingerprint density at radius 3 is 2.68 bits per heavy atom. The molecule has 0 amide bonds. The van der Waals surface area contributed by atoms with Crippen molar-refractivity contribution < 1.29 is 0 Å². The SMILES string of the molecule is CCc1nccn1CC1CCN(Cc2ccccc2C)CC1. The van der Waals surface area contributed by atoms with E-state index in [1.165, 1.54) is 42.9 Å². The van der Waals surface area contributed by atoms with E-state index >= 15 is 0 Å². The number of hydrogen-bond acceptors (Lipinski definition) is 2. The maximum atomic E-state index is 4.43. The van der Waals surface area contributed by atoms with Gasteiger partial charge in [0.15, 0.2) is 0 Å². The molecule has 0 unspecified atom stereocenters.